The van der Waals surface area contributed by atoms with Gasteiger partial charge in [0.1, 0.15) is 6.54 Å². The molecule has 8 heteroatoms. The summed E-state index contributed by atoms with van der Waals surface area (Å²) in [5, 5.41) is 8.99. The van der Waals surface area contributed by atoms with Crippen LogP contribution in [0.4, 0.5) is 4.39 Å². The molecule has 23 heavy (non-hydrogen) atoms. The lowest BCUT2D eigenvalue weighted by molar-refractivity contribution is -0.148. The Labute approximate surface area is 141 Å². The molecule has 0 aromatic heterocycles. The molecule has 1 fully saturated rings. The second-order valence-electron chi connectivity index (χ2n) is 5.12. The fourth-order valence-corrected chi connectivity index (χ4v) is 2.71. The molecule has 1 aromatic rings. The molecular weight excluding hydrogens is 373 g/mol. The van der Waals surface area contributed by atoms with E-state index in [1.165, 1.54) is 17.0 Å². The summed E-state index contributed by atoms with van der Waals surface area (Å²) < 4.78 is 24.7. The Kier molecular flexibility index (Phi) is 6.35. The zero-order chi connectivity index (χ0) is 16.8. The average Bonchev–Trinajstić information content (AvgIpc) is 2.52. The van der Waals surface area contributed by atoms with Gasteiger partial charge in [0.25, 0.3) is 5.91 Å². The first-order chi connectivity index (χ1) is 11.0. The van der Waals surface area contributed by atoms with Crippen molar-refractivity contribution < 1.29 is 28.6 Å². The third-order valence-electron chi connectivity index (χ3n) is 3.50. The minimum atomic E-state index is -1.10. The van der Waals surface area contributed by atoms with Gasteiger partial charge < -0.3 is 19.5 Å². The van der Waals surface area contributed by atoms with Gasteiger partial charge in [-0.3, -0.25) is 9.59 Å². The van der Waals surface area contributed by atoms with E-state index < -0.39 is 30.8 Å². The quantitative estimate of drug-likeness (QED) is 0.805. The fraction of sp³-hybridized carbons (Fsp3) is 0.467. The number of aliphatic carboxylic acids is 1. The number of carbonyl (C=O) groups is 2. The lowest BCUT2D eigenvalue weighted by atomic mass is 10.1. The first kappa shape index (κ1) is 17.7. The van der Waals surface area contributed by atoms with Crippen molar-refractivity contribution in [3.63, 3.8) is 0 Å². The van der Waals surface area contributed by atoms with Crippen molar-refractivity contribution in [1.82, 2.24) is 4.90 Å². The third kappa shape index (κ3) is 5.18. The standard InChI is InChI=1S/C15H17BrFNO5/c16-10-1-2-13(12(17)7-10)23-9-14(19)18(8-15(20)21)11-3-5-22-6-4-11/h1-2,7,11H,3-6,8-9H2,(H,20,21). The summed E-state index contributed by atoms with van der Waals surface area (Å²) >= 11 is 3.13. The van der Waals surface area contributed by atoms with E-state index in [-0.39, 0.29) is 11.8 Å². The number of carboxylic acid groups (broad SMARTS) is 1. The molecule has 0 radical (unpaired) electrons. The molecule has 0 unspecified atom stereocenters. The molecule has 1 N–H and O–H groups in total. The van der Waals surface area contributed by atoms with Crippen molar-refractivity contribution >= 4 is 27.8 Å². The Balaban J connectivity index is 2.00. The number of halogens is 2. The molecule has 1 amide bonds. The zero-order valence-electron chi connectivity index (χ0n) is 12.3. The Morgan fingerprint density at radius 2 is 2.09 bits per heavy atom. The number of nitrogens with zero attached hydrogens (tertiary/aromatic N) is 1. The van der Waals surface area contributed by atoms with Crippen molar-refractivity contribution in [3.05, 3.63) is 28.5 Å². The van der Waals surface area contributed by atoms with E-state index in [0.717, 1.165) is 0 Å². The summed E-state index contributed by atoms with van der Waals surface area (Å²) in [6, 6.07) is 4.03. The van der Waals surface area contributed by atoms with Gasteiger partial charge in [-0.25, -0.2) is 4.39 Å². The Morgan fingerprint density at radius 3 is 2.70 bits per heavy atom. The summed E-state index contributed by atoms with van der Waals surface area (Å²) in [7, 11) is 0. The average molecular weight is 390 g/mol. The molecule has 1 saturated heterocycles. The number of benzene rings is 1. The van der Waals surface area contributed by atoms with E-state index in [1.807, 2.05) is 0 Å². The third-order valence-corrected chi connectivity index (χ3v) is 4.00. The van der Waals surface area contributed by atoms with Crippen LogP contribution in [0.2, 0.25) is 0 Å². The molecule has 0 atom stereocenters. The van der Waals surface area contributed by atoms with Gasteiger partial charge in [-0.1, -0.05) is 15.9 Å². The Bertz CT molecular complexity index is 577. The summed E-state index contributed by atoms with van der Waals surface area (Å²) in [6.45, 7) is 0.144. The van der Waals surface area contributed by atoms with Crippen LogP contribution in [0.1, 0.15) is 12.8 Å². The van der Waals surface area contributed by atoms with Crippen LogP contribution in [-0.2, 0) is 14.3 Å². The highest BCUT2D eigenvalue weighted by Gasteiger charge is 2.28. The van der Waals surface area contributed by atoms with Crippen LogP contribution in [0, 0.1) is 5.82 Å². The van der Waals surface area contributed by atoms with Crippen molar-refractivity contribution in [1.29, 1.82) is 0 Å². The molecule has 6 nitrogen and oxygen atoms in total. The second kappa shape index (κ2) is 8.26. The van der Waals surface area contributed by atoms with Gasteiger partial charge in [0, 0.05) is 23.7 Å². The van der Waals surface area contributed by atoms with Crippen LogP contribution in [0.5, 0.6) is 5.75 Å². The van der Waals surface area contributed by atoms with Crippen molar-refractivity contribution in [3.8, 4) is 5.75 Å². The largest absolute Gasteiger partial charge is 0.481 e. The lowest BCUT2D eigenvalue weighted by Gasteiger charge is -2.33. The molecule has 0 spiro atoms. The summed E-state index contributed by atoms with van der Waals surface area (Å²) in [5.41, 5.74) is 0. The molecule has 0 saturated carbocycles. The van der Waals surface area contributed by atoms with Gasteiger partial charge >= 0.3 is 5.97 Å². The number of carboxylic acids is 1. The molecule has 0 bridgehead atoms. The van der Waals surface area contributed by atoms with Gasteiger partial charge in [0.15, 0.2) is 18.2 Å². The number of hydrogen-bond acceptors (Lipinski definition) is 4. The molecule has 1 aromatic carbocycles. The van der Waals surface area contributed by atoms with Gasteiger partial charge in [-0.2, -0.15) is 0 Å². The first-order valence-electron chi connectivity index (χ1n) is 7.14. The van der Waals surface area contributed by atoms with E-state index in [4.69, 9.17) is 14.6 Å². The number of carbonyl (C=O) groups excluding carboxylic acids is 1. The Hall–Kier alpha value is -1.67. The van der Waals surface area contributed by atoms with E-state index in [0.29, 0.717) is 30.5 Å². The predicted octanol–water partition coefficient (Wildman–Crippen LogP) is 2.06. The van der Waals surface area contributed by atoms with E-state index >= 15 is 0 Å². The van der Waals surface area contributed by atoms with Crippen LogP contribution in [0.15, 0.2) is 22.7 Å². The number of ether oxygens (including phenoxy) is 2. The minimum Gasteiger partial charge on any atom is -0.481 e. The fourth-order valence-electron chi connectivity index (χ4n) is 2.38. The number of rotatable bonds is 6. The van der Waals surface area contributed by atoms with Crippen LogP contribution in [-0.4, -0.2) is 54.3 Å². The lowest BCUT2D eigenvalue weighted by Crippen LogP contribution is -2.47. The molecular formula is C15H17BrFNO5. The van der Waals surface area contributed by atoms with E-state index in [9.17, 15) is 14.0 Å². The SMILES string of the molecule is O=C(O)CN(C(=O)COc1ccc(Br)cc1F)C1CCOCC1. The maximum atomic E-state index is 13.7. The monoisotopic (exact) mass is 389 g/mol. The van der Waals surface area contributed by atoms with Crippen LogP contribution in [0.3, 0.4) is 0 Å². The maximum Gasteiger partial charge on any atom is 0.323 e. The number of amides is 1. The molecule has 0 aliphatic carbocycles. The van der Waals surface area contributed by atoms with Crippen LogP contribution >= 0.6 is 15.9 Å². The topological polar surface area (TPSA) is 76.1 Å². The highest BCUT2D eigenvalue weighted by molar-refractivity contribution is 9.10. The van der Waals surface area contributed by atoms with Gasteiger partial charge in [-0.05, 0) is 31.0 Å². The van der Waals surface area contributed by atoms with E-state index in [1.54, 1.807) is 6.07 Å². The van der Waals surface area contributed by atoms with Gasteiger partial charge in [0.2, 0.25) is 0 Å². The summed E-state index contributed by atoms with van der Waals surface area (Å²) in [6.07, 6.45) is 1.15. The Morgan fingerprint density at radius 1 is 1.39 bits per heavy atom. The van der Waals surface area contributed by atoms with Gasteiger partial charge in [0.05, 0.1) is 0 Å². The molecule has 1 heterocycles. The predicted molar refractivity (Wildman–Crippen MR) is 82.8 cm³/mol. The zero-order valence-corrected chi connectivity index (χ0v) is 13.9. The minimum absolute atomic E-state index is 0.0520. The van der Waals surface area contributed by atoms with Crippen molar-refractivity contribution in [2.24, 2.45) is 0 Å². The van der Waals surface area contributed by atoms with Crippen molar-refractivity contribution in [2.75, 3.05) is 26.4 Å². The van der Waals surface area contributed by atoms with Crippen LogP contribution in [0.25, 0.3) is 0 Å². The second-order valence-corrected chi connectivity index (χ2v) is 6.04. The molecule has 1 aliphatic rings. The van der Waals surface area contributed by atoms with E-state index in [2.05, 4.69) is 15.9 Å². The highest BCUT2D eigenvalue weighted by atomic mass is 79.9. The van der Waals surface area contributed by atoms with Crippen molar-refractivity contribution in [2.45, 2.75) is 18.9 Å². The highest BCUT2D eigenvalue weighted by Crippen LogP contribution is 2.22. The molecule has 1 aliphatic heterocycles. The number of hydrogen-bond donors (Lipinski definition) is 1. The maximum absolute atomic E-state index is 13.7. The smallest absolute Gasteiger partial charge is 0.323 e. The molecule has 126 valence electrons. The first-order valence-corrected chi connectivity index (χ1v) is 7.93. The van der Waals surface area contributed by atoms with Gasteiger partial charge in [-0.15, -0.1) is 0 Å². The normalized spacial score (nSPS) is 15.2. The summed E-state index contributed by atoms with van der Waals surface area (Å²) in [4.78, 5) is 24.6. The summed E-state index contributed by atoms with van der Waals surface area (Å²) in [5.74, 6) is -2.23. The molecule has 2 rings (SSSR count). The van der Waals surface area contributed by atoms with Crippen LogP contribution < -0.4 is 4.74 Å².